The van der Waals surface area contributed by atoms with Crippen molar-refractivity contribution in [3.05, 3.63) is 86.4 Å². The predicted octanol–water partition coefficient (Wildman–Crippen LogP) is 5.88. The molecule has 0 aliphatic rings. The highest BCUT2D eigenvalue weighted by molar-refractivity contribution is 14.1. The maximum atomic E-state index is 12.7. The Morgan fingerprint density at radius 1 is 1.06 bits per heavy atom. The number of nitrogens with one attached hydrogen (secondary N) is 1. The lowest BCUT2D eigenvalue weighted by Crippen LogP contribution is -2.32. The van der Waals surface area contributed by atoms with Gasteiger partial charge in [0.25, 0.3) is 0 Å². The van der Waals surface area contributed by atoms with Crippen LogP contribution in [-0.4, -0.2) is 29.0 Å². The monoisotopic (exact) mass is 597 g/mol. The van der Waals surface area contributed by atoms with Gasteiger partial charge in [-0.15, -0.1) is 0 Å². The van der Waals surface area contributed by atoms with Crippen molar-refractivity contribution < 1.29 is 24.5 Å². The van der Waals surface area contributed by atoms with Crippen LogP contribution in [0.25, 0.3) is 0 Å². The van der Waals surface area contributed by atoms with Crippen LogP contribution in [0.5, 0.6) is 11.5 Å². The summed E-state index contributed by atoms with van der Waals surface area (Å²) in [5.41, 5.74) is 0.953. The first-order valence-corrected chi connectivity index (χ1v) is 11.4. The molecule has 0 radical (unpaired) electrons. The largest absolute Gasteiger partial charge is 0.508 e. The Bertz CT molecular complexity index is 1000. The van der Waals surface area contributed by atoms with Crippen LogP contribution < -0.4 is 10.1 Å². The van der Waals surface area contributed by atoms with Gasteiger partial charge in [0.2, 0.25) is 0 Å². The molecule has 8 heteroatoms. The molecule has 0 saturated carbocycles. The van der Waals surface area contributed by atoms with Gasteiger partial charge in [-0.25, -0.2) is 4.79 Å². The van der Waals surface area contributed by atoms with E-state index in [4.69, 9.17) is 9.47 Å². The summed E-state index contributed by atoms with van der Waals surface area (Å²) in [7, 11) is 0. The second-order valence-corrected chi connectivity index (χ2v) is 8.80. The van der Waals surface area contributed by atoms with E-state index in [1.165, 1.54) is 0 Å². The van der Waals surface area contributed by atoms with Gasteiger partial charge >= 0.3 is 6.09 Å². The van der Waals surface area contributed by atoms with Crippen LogP contribution in [0, 0.1) is 3.57 Å². The molecule has 2 atom stereocenters. The number of aliphatic hydroxyl groups excluding tert-OH is 1. The van der Waals surface area contributed by atoms with E-state index < -0.39 is 18.3 Å². The smallest absolute Gasteiger partial charge is 0.412 e. The number of para-hydroxylation sites is 1. The summed E-state index contributed by atoms with van der Waals surface area (Å²) >= 11 is 5.47. The molecule has 3 aromatic carbocycles. The minimum absolute atomic E-state index is 0.0264. The van der Waals surface area contributed by atoms with Gasteiger partial charge in [-0.2, -0.15) is 0 Å². The molecule has 1 amide bonds. The molecular formula is C23H21BrINO5. The highest BCUT2D eigenvalue weighted by atomic mass is 127. The summed E-state index contributed by atoms with van der Waals surface area (Å²) < 4.78 is 13.5. The predicted molar refractivity (Wildman–Crippen MR) is 130 cm³/mol. The van der Waals surface area contributed by atoms with Crippen LogP contribution in [0.2, 0.25) is 0 Å². The molecule has 0 fully saturated rings. The number of benzene rings is 3. The van der Waals surface area contributed by atoms with Gasteiger partial charge in [-0.3, -0.25) is 5.32 Å². The number of aliphatic hydroxyl groups is 1. The van der Waals surface area contributed by atoms with E-state index in [1.807, 2.05) is 18.2 Å². The molecule has 3 N–H and O–H groups in total. The van der Waals surface area contributed by atoms with E-state index in [9.17, 15) is 15.0 Å². The minimum Gasteiger partial charge on any atom is -0.508 e. The lowest BCUT2D eigenvalue weighted by atomic mass is 10.0. The van der Waals surface area contributed by atoms with Crippen molar-refractivity contribution in [2.24, 2.45) is 0 Å². The quantitative estimate of drug-likeness (QED) is 0.282. The summed E-state index contributed by atoms with van der Waals surface area (Å²) in [5.74, 6) is 0.537. The molecule has 3 aromatic rings. The molecular weight excluding hydrogens is 577 g/mol. The lowest BCUT2D eigenvalue weighted by molar-refractivity contribution is 0.00796. The number of ether oxygens (including phenoxy) is 2. The highest BCUT2D eigenvalue weighted by Crippen LogP contribution is 2.34. The normalized spacial score (nSPS) is 12.6. The SMILES string of the molecule is O=C(Nc1ccc(Br)cc1)O[C@@H](c1cc(I)ccc1O)[C@H](CCO)Oc1ccccc1. The topological polar surface area (TPSA) is 88.0 Å². The Hall–Kier alpha value is -2.30. The number of phenols is 1. The van der Waals surface area contributed by atoms with Gasteiger partial charge in [-0.1, -0.05) is 34.1 Å². The molecule has 3 rings (SSSR count). The molecule has 162 valence electrons. The van der Waals surface area contributed by atoms with Gasteiger partial charge in [0.1, 0.15) is 17.6 Å². The number of amides is 1. The van der Waals surface area contributed by atoms with Gasteiger partial charge in [-0.05, 0) is 77.2 Å². The molecule has 0 heterocycles. The number of anilines is 1. The van der Waals surface area contributed by atoms with Crippen molar-refractivity contribution >= 4 is 50.3 Å². The van der Waals surface area contributed by atoms with E-state index in [2.05, 4.69) is 43.8 Å². The van der Waals surface area contributed by atoms with Crippen LogP contribution in [0.4, 0.5) is 10.5 Å². The third kappa shape index (κ3) is 6.84. The fourth-order valence-electron chi connectivity index (χ4n) is 2.96. The van der Waals surface area contributed by atoms with Crippen molar-refractivity contribution in [1.29, 1.82) is 0 Å². The molecule has 0 aromatic heterocycles. The van der Waals surface area contributed by atoms with Crippen LogP contribution in [0.3, 0.4) is 0 Å². The number of carbonyl (C=O) groups is 1. The van der Waals surface area contributed by atoms with E-state index in [0.717, 1.165) is 8.04 Å². The molecule has 0 spiro atoms. The Balaban J connectivity index is 1.89. The van der Waals surface area contributed by atoms with Gasteiger partial charge in [0.15, 0.2) is 6.10 Å². The van der Waals surface area contributed by atoms with Crippen LogP contribution in [-0.2, 0) is 4.74 Å². The summed E-state index contributed by atoms with van der Waals surface area (Å²) in [4.78, 5) is 12.7. The Labute approximate surface area is 202 Å². The fourth-order valence-corrected chi connectivity index (χ4v) is 3.74. The van der Waals surface area contributed by atoms with E-state index in [1.54, 1.807) is 54.6 Å². The van der Waals surface area contributed by atoms with Gasteiger partial charge < -0.3 is 19.7 Å². The third-order valence-electron chi connectivity index (χ3n) is 4.40. The Morgan fingerprint density at radius 3 is 2.45 bits per heavy atom. The van der Waals surface area contributed by atoms with Crippen molar-refractivity contribution in [1.82, 2.24) is 0 Å². The lowest BCUT2D eigenvalue weighted by Gasteiger charge is -2.28. The number of phenolic OH excluding ortho intramolecular Hbond substituents is 1. The maximum absolute atomic E-state index is 12.7. The van der Waals surface area contributed by atoms with E-state index in [-0.39, 0.29) is 18.8 Å². The zero-order valence-electron chi connectivity index (χ0n) is 16.4. The number of rotatable bonds is 8. The van der Waals surface area contributed by atoms with Crippen LogP contribution in [0.15, 0.2) is 77.3 Å². The number of hydrogen-bond donors (Lipinski definition) is 3. The molecule has 31 heavy (non-hydrogen) atoms. The van der Waals surface area contributed by atoms with Crippen LogP contribution in [0.1, 0.15) is 18.1 Å². The number of hydrogen-bond acceptors (Lipinski definition) is 5. The van der Waals surface area contributed by atoms with Crippen molar-refractivity contribution in [3.63, 3.8) is 0 Å². The Morgan fingerprint density at radius 2 is 1.77 bits per heavy atom. The molecule has 0 aliphatic heterocycles. The maximum Gasteiger partial charge on any atom is 0.412 e. The zero-order valence-corrected chi connectivity index (χ0v) is 20.1. The summed E-state index contributed by atoms with van der Waals surface area (Å²) in [6.07, 6.45) is -2.20. The first kappa shape index (κ1) is 23.4. The first-order chi connectivity index (χ1) is 15.0. The minimum atomic E-state index is -0.961. The average Bonchev–Trinajstić information content (AvgIpc) is 2.76. The molecule has 0 saturated heterocycles. The van der Waals surface area contributed by atoms with Crippen molar-refractivity contribution in [2.75, 3.05) is 11.9 Å². The number of carbonyl (C=O) groups excluding carboxylic acids is 1. The van der Waals surface area contributed by atoms with Crippen LogP contribution >= 0.6 is 38.5 Å². The van der Waals surface area contributed by atoms with E-state index >= 15 is 0 Å². The zero-order chi connectivity index (χ0) is 22.2. The molecule has 0 aliphatic carbocycles. The summed E-state index contributed by atoms with van der Waals surface area (Å²) in [6.45, 7) is -0.184. The second-order valence-electron chi connectivity index (χ2n) is 6.64. The van der Waals surface area contributed by atoms with E-state index in [0.29, 0.717) is 17.0 Å². The Kier molecular flexibility index (Phi) is 8.56. The number of halogens is 2. The number of aromatic hydroxyl groups is 1. The fraction of sp³-hybridized carbons (Fsp3) is 0.174. The van der Waals surface area contributed by atoms with Crippen molar-refractivity contribution in [3.8, 4) is 11.5 Å². The molecule has 6 nitrogen and oxygen atoms in total. The second kappa shape index (κ2) is 11.4. The average molecular weight is 598 g/mol. The van der Waals surface area contributed by atoms with Crippen molar-refractivity contribution in [2.45, 2.75) is 18.6 Å². The summed E-state index contributed by atoms with van der Waals surface area (Å²) in [6, 6.07) is 21.1. The molecule has 0 unspecified atom stereocenters. The van der Waals surface area contributed by atoms with Gasteiger partial charge in [0, 0.05) is 32.3 Å². The van der Waals surface area contributed by atoms with Gasteiger partial charge in [0.05, 0.1) is 0 Å². The third-order valence-corrected chi connectivity index (χ3v) is 5.60. The molecule has 0 bridgehead atoms. The summed E-state index contributed by atoms with van der Waals surface area (Å²) in [5, 5.41) is 22.8. The highest BCUT2D eigenvalue weighted by Gasteiger charge is 2.31. The first-order valence-electron chi connectivity index (χ1n) is 9.50. The standard InChI is InChI=1S/C23H21BrINO5/c24-15-6-9-17(10-7-15)26-23(29)31-22(19-14-16(25)8-11-20(19)28)21(12-13-27)30-18-4-2-1-3-5-18/h1-11,14,21-22,27-28H,12-13H2,(H,26,29)/t21-,22-/m0/s1.